The minimum Gasteiger partial charge on any atom is -0.309 e. The summed E-state index contributed by atoms with van der Waals surface area (Å²) in [7, 11) is 0. The van der Waals surface area contributed by atoms with E-state index in [1.165, 1.54) is 42.0 Å². The second-order valence-corrected chi connectivity index (χ2v) is 12.1. The molecule has 0 bridgehead atoms. The topological polar surface area (TPSA) is 30.7 Å². The minimum atomic E-state index is 0.716. The second-order valence-electron chi connectivity index (χ2n) is 11.0. The maximum Gasteiger partial charge on any atom is 0.160 e. The van der Waals surface area contributed by atoms with Crippen LogP contribution in [0.25, 0.3) is 81.6 Å². The fourth-order valence-corrected chi connectivity index (χ4v) is 7.70. The zero-order chi connectivity index (χ0) is 29.0. The van der Waals surface area contributed by atoms with Crippen molar-refractivity contribution in [3.63, 3.8) is 0 Å². The molecule has 0 saturated heterocycles. The van der Waals surface area contributed by atoms with Crippen LogP contribution in [0.1, 0.15) is 0 Å². The molecular formula is C40H25N3S. The van der Waals surface area contributed by atoms with Gasteiger partial charge in [0.15, 0.2) is 5.82 Å². The Hall–Kier alpha value is -5.58. The monoisotopic (exact) mass is 579 g/mol. The molecule has 9 aromatic rings. The van der Waals surface area contributed by atoms with Gasteiger partial charge in [-0.3, -0.25) is 0 Å². The van der Waals surface area contributed by atoms with E-state index in [0.717, 1.165) is 33.8 Å². The van der Waals surface area contributed by atoms with E-state index in [1.807, 2.05) is 35.6 Å². The zero-order valence-corrected chi connectivity index (χ0v) is 24.5. The van der Waals surface area contributed by atoms with Gasteiger partial charge in [0.2, 0.25) is 0 Å². The molecule has 6 aromatic carbocycles. The molecule has 0 atom stereocenters. The average Bonchev–Trinajstić information content (AvgIpc) is 3.64. The van der Waals surface area contributed by atoms with Gasteiger partial charge in [-0.1, -0.05) is 121 Å². The highest BCUT2D eigenvalue weighted by Gasteiger charge is 2.22. The highest BCUT2D eigenvalue weighted by molar-refractivity contribution is 7.26. The van der Waals surface area contributed by atoms with Gasteiger partial charge in [-0.15, -0.1) is 11.3 Å². The smallest absolute Gasteiger partial charge is 0.160 e. The number of hydrogen-bond donors (Lipinski definition) is 0. The van der Waals surface area contributed by atoms with Gasteiger partial charge in [-0.2, -0.15) is 0 Å². The van der Waals surface area contributed by atoms with E-state index in [-0.39, 0.29) is 0 Å². The van der Waals surface area contributed by atoms with Crippen molar-refractivity contribution in [3.05, 3.63) is 152 Å². The van der Waals surface area contributed by atoms with E-state index >= 15 is 0 Å². The average molecular weight is 580 g/mol. The summed E-state index contributed by atoms with van der Waals surface area (Å²) in [5.41, 5.74) is 8.45. The lowest BCUT2D eigenvalue weighted by molar-refractivity contribution is 1.16. The molecule has 0 fully saturated rings. The highest BCUT2D eigenvalue weighted by atomic mass is 32.1. The minimum absolute atomic E-state index is 0.716. The third-order valence-corrected chi connectivity index (χ3v) is 9.63. The number of hydrogen-bond acceptors (Lipinski definition) is 3. The number of para-hydroxylation sites is 2. The van der Waals surface area contributed by atoms with Crippen LogP contribution in [0.15, 0.2) is 152 Å². The highest BCUT2D eigenvalue weighted by Crippen LogP contribution is 2.45. The Morgan fingerprint density at radius 1 is 0.455 bits per heavy atom. The number of aromatic nitrogens is 3. The van der Waals surface area contributed by atoms with Crippen LogP contribution in [0, 0.1) is 0 Å². The SMILES string of the molecule is c1ccc(-c2cc(-c3c(-n4c5ccccc5c5ccccc54)ccc4c3sc3ccccc34)nc(-c3ccccc3)n2)cc1. The predicted octanol–water partition coefficient (Wildman–Crippen LogP) is 10.9. The van der Waals surface area contributed by atoms with Gasteiger partial charge < -0.3 is 4.57 Å². The molecule has 0 unspecified atom stereocenters. The number of fused-ring (bicyclic) bond motifs is 6. The Kier molecular flexibility index (Phi) is 5.68. The van der Waals surface area contributed by atoms with Crippen LogP contribution in [0.4, 0.5) is 0 Å². The van der Waals surface area contributed by atoms with E-state index in [9.17, 15) is 0 Å². The molecular weight excluding hydrogens is 555 g/mol. The molecule has 0 saturated carbocycles. The molecule has 0 aliphatic heterocycles. The Balaban J connectivity index is 1.44. The zero-order valence-electron chi connectivity index (χ0n) is 23.7. The van der Waals surface area contributed by atoms with Crippen LogP contribution in [-0.2, 0) is 0 Å². The first kappa shape index (κ1) is 25.0. The van der Waals surface area contributed by atoms with Gasteiger partial charge in [-0.05, 0) is 30.3 Å². The standard InChI is InChI=1S/C40H25N3S/c1-3-13-26(14-4-1)32-25-33(42-40(41-32)27-15-5-2-6-16-27)38-36(24-23-31-30-19-9-12-22-37(30)44-39(31)38)43-34-20-10-7-17-28(34)29-18-8-11-21-35(29)43/h1-25H. The Morgan fingerprint density at radius 2 is 1.02 bits per heavy atom. The third-order valence-electron chi connectivity index (χ3n) is 8.43. The molecule has 3 heterocycles. The molecule has 0 radical (unpaired) electrons. The summed E-state index contributed by atoms with van der Waals surface area (Å²) in [4.78, 5) is 10.4. The van der Waals surface area contributed by atoms with E-state index < -0.39 is 0 Å². The van der Waals surface area contributed by atoms with Crippen molar-refractivity contribution in [2.75, 3.05) is 0 Å². The van der Waals surface area contributed by atoms with Gasteiger partial charge in [0.1, 0.15) is 0 Å². The lowest BCUT2D eigenvalue weighted by Gasteiger charge is -2.16. The first-order valence-corrected chi connectivity index (χ1v) is 15.6. The molecule has 0 N–H and O–H groups in total. The van der Waals surface area contributed by atoms with E-state index in [2.05, 4.69) is 132 Å². The predicted molar refractivity (Wildman–Crippen MR) is 186 cm³/mol. The van der Waals surface area contributed by atoms with Crippen LogP contribution in [0.3, 0.4) is 0 Å². The van der Waals surface area contributed by atoms with Crippen LogP contribution in [0.2, 0.25) is 0 Å². The summed E-state index contributed by atoms with van der Waals surface area (Å²) >= 11 is 1.83. The number of benzene rings is 6. The first-order chi connectivity index (χ1) is 21.8. The molecule has 0 spiro atoms. The summed E-state index contributed by atoms with van der Waals surface area (Å²) in [6.45, 7) is 0. The van der Waals surface area contributed by atoms with Crippen LogP contribution < -0.4 is 0 Å². The number of rotatable bonds is 4. The number of thiophene rings is 1. The summed E-state index contributed by atoms with van der Waals surface area (Å²) < 4.78 is 4.90. The van der Waals surface area contributed by atoms with Crippen molar-refractivity contribution in [2.24, 2.45) is 0 Å². The molecule has 206 valence electrons. The molecule has 0 aliphatic rings. The van der Waals surface area contributed by atoms with Gasteiger partial charge in [-0.25, -0.2) is 9.97 Å². The van der Waals surface area contributed by atoms with Crippen molar-refractivity contribution < 1.29 is 0 Å². The third kappa shape index (κ3) is 3.89. The lowest BCUT2D eigenvalue weighted by atomic mass is 10.0. The van der Waals surface area contributed by atoms with Crippen LogP contribution in [0.5, 0.6) is 0 Å². The Morgan fingerprint density at radius 3 is 1.73 bits per heavy atom. The summed E-state index contributed by atoms with van der Waals surface area (Å²) in [5, 5.41) is 4.99. The van der Waals surface area contributed by atoms with Gasteiger partial charge >= 0.3 is 0 Å². The van der Waals surface area contributed by atoms with Gasteiger partial charge in [0.05, 0.1) is 28.1 Å². The Bertz CT molecular complexity index is 2380. The molecule has 9 rings (SSSR count). The molecule has 4 heteroatoms. The van der Waals surface area contributed by atoms with Crippen molar-refractivity contribution >= 4 is 53.3 Å². The molecule has 0 aliphatic carbocycles. The fourth-order valence-electron chi connectivity index (χ4n) is 6.44. The van der Waals surface area contributed by atoms with Crippen molar-refractivity contribution in [1.29, 1.82) is 0 Å². The van der Waals surface area contributed by atoms with Gasteiger partial charge in [0, 0.05) is 47.6 Å². The molecule has 44 heavy (non-hydrogen) atoms. The van der Waals surface area contributed by atoms with Crippen molar-refractivity contribution in [2.45, 2.75) is 0 Å². The summed E-state index contributed by atoms with van der Waals surface area (Å²) in [5.74, 6) is 0.716. The summed E-state index contributed by atoms with van der Waals surface area (Å²) in [6.07, 6.45) is 0. The fraction of sp³-hybridized carbons (Fsp3) is 0. The quantitative estimate of drug-likeness (QED) is 0.208. The largest absolute Gasteiger partial charge is 0.309 e. The lowest BCUT2D eigenvalue weighted by Crippen LogP contribution is -2.01. The maximum absolute atomic E-state index is 5.33. The second kappa shape index (κ2) is 10.0. The van der Waals surface area contributed by atoms with Crippen LogP contribution in [-0.4, -0.2) is 14.5 Å². The van der Waals surface area contributed by atoms with E-state index in [4.69, 9.17) is 9.97 Å². The summed E-state index contributed by atoms with van der Waals surface area (Å²) in [6, 6.07) is 53.5. The van der Waals surface area contributed by atoms with E-state index in [0.29, 0.717) is 5.82 Å². The normalized spacial score (nSPS) is 11.6. The molecule has 3 nitrogen and oxygen atoms in total. The maximum atomic E-state index is 5.33. The number of nitrogens with zero attached hydrogens (tertiary/aromatic N) is 3. The van der Waals surface area contributed by atoms with Gasteiger partial charge in [0.25, 0.3) is 0 Å². The van der Waals surface area contributed by atoms with Crippen molar-refractivity contribution in [3.8, 4) is 39.6 Å². The van der Waals surface area contributed by atoms with Crippen LogP contribution >= 0.6 is 11.3 Å². The molecule has 3 aromatic heterocycles. The Labute approximate surface area is 258 Å². The molecule has 0 amide bonds. The van der Waals surface area contributed by atoms with E-state index in [1.54, 1.807) is 0 Å². The first-order valence-electron chi connectivity index (χ1n) is 14.8. The van der Waals surface area contributed by atoms with Crippen molar-refractivity contribution in [1.82, 2.24) is 14.5 Å².